The van der Waals surface area contributed by atoms with Gasteiger partial charge in [-0.25, -0.2) is 4.79 Å². The summed E-state index contributed by atoms with van der Waals surface area (Å²) in [7, 11) is 1.50. The Morgan fingerprint density at radius 1 is 1.21 bits per heavy atom. The summed E-state index contributed by atoms with van der Waals surface area (Å²) < 4.78 is 22.3. The van der Waals surface area contributed by atoms with E-state index < -0.39 is 29.2 Å². The summed E-state index contributed by atoms with van der Waals surface area (Å²) in [5.74, 6) is -0.361. The third-order valence-electron chi connectivity index (χ3n) is 4.18. The fraction of sp³-hybridized carbons (Fsp3) is 0.500. The van der Waals surface area contributed by atoms with Crippen molar-refractivity contribution in [3.05, 3.63) is 40.2 Å². The Bertz CT molecular complexity index is 820. The molecule has 24 heavy (non-hydrogen) atoms. The van der Waals surface area contributed by atoms with E-state index in [4.69, 9.17) is 18.6 Å². The van der Waals surface area contributed by atoms with Gasteiger partial charge in [0.15, 0.2) is 5.79 Å². The van der Waals surface area contributed by atoms with Crippen LogP contribution in [0.25, 0.3) is 11.0 Å². The molecule has 1 saturated heterocycles. The van der Waals surface area contributed by atoms with Gasteiger partial charge in [-0.2, -0.15) is 0 Å². The van der Waals surface area contributed by atoms with Crippen LogP contribution in [-0.2, 0) is 9.47 Å². The van der Waals surface area contributed by atoms with Crippen molar-refractivity contribution in [2.24, 2.45) is 0 Å². The van der Waals surface area contributed by atoms with Gasteiger partial charge in [0.25, 0.3) is 0 Å². The highest BCUT2D eigenvalue weighted by Gasteiger charge is 2.51. The van der Waals surface area contributed by atoms with Crippen molar-refractivity contribution in [3.8, 4) is 5.75 Å². The van der Waals surface area contributed by atoms with Crippen LogP contribution in [0.2, 0.25) is 0 Å². The predicted octanol–water partition coefficient (Wildman–Crippen LogP) is 2.77. The van der Waals surface area contributed by atoms with Crippen LogP contribution in [0.3, 0.4) is 0 Å². The van der Waals surface area contributed by atoms with Gasteiger partial charge in [0.2, 0.25) is 0 Å². The Labute approximate surface area is 139 Å². The summed E-state index contributed by atoms with van der Waals surface area (Å²) in [6.07, 6.45) is -1.54. The highest BCUT2D eigenvalue weighted by molar-refractivity contribution is 5.79. The fourth-order valence-corrected chi connectivity index (χ4v) is 3.29. The molecule has 0 radical (unpaired) electrons. The van der Waals surface area contributed by atoms with Crippen LogP contribution in [0.4, 0.5) is 0 Å². The zero-order chi connectivity index (χ0) is 17.7. The molecule has 6 nitrogen and oxygen atoms in total. The number of methoxy groups -OCH3 is 1. The van der Waals surface area contributed by atoms with Crippen molar-refractivity contribution in [2.75, 3.05) is 7.11 Å². The van der Waals surface area contributed by atoms with Crippen LogP contribution in [0, 0.1) is 0 Å². The minimum atomic E-state index is -0.965. The Balaban J connectivity index is 2.08. The van der Waals surface area contributed by atoms with E-state index in [2.05, 4.69) is 0 Å². The second kappa shape index (κ2) is 5.58. The summed E-state index contributed by atoms with van der Waals surface area (Å²) in [6.45, 7) is 7.38. The first kappa shape index (κ1) is 17.0. The summed E-state index contributed by atoms with van der Waals surface area (Å²) in [6, 6.07) is 6.33. The highest BCUT2D eigenvalue weighted by Crippen LogP contribution is 2.44. The molecule has 1 aromatic heterocycles. The third-order valence-corrected chi connectivity index (χ3v) is 4.18. The number of benzene rings is 1. The van der Waals surface area contributed by atoms with Crippen molar-refractivity contribution >= 4 is 11.0 Å². The van der Waals surface area contributed by atoms with E-state index in [0.29, 0.717) is 22.3 Å². The van der Waals surface area contributed by atoms with E-state index in [1.54, 1.807) is 18.2 Å². The first-order chi connectivity index (χ1) is 11.1. The minimum Gasteiger partial charge on any atom is -0.496 e. The maximum atomic E-state index is 11.4. The number of hydrogen-bond donors (Lipinski definition) is 1. The molecule has 0 amide bonds. The van der Waals surface area contributed by atoms with Crippen molar-refractivity contribution in [1.29, 1.82) is 0 Å². The number of aliphatic hydroxyl groups excluding tert-OH is 1. The maximum Gasteiger partial charge on any atom is 0.336 e. The second-order valence-corrected chi connectivity index (χ2v) is 6.98. The van der Waals surface area contributed by atoms with Gasteiger partial charge in [0, 0.05) is 23.1 Å². The molecule has 0 bridgehead atoms. The van der Waals surface area contributed by atoms with Gasteiger partial charge in [-0.05, 0) is 39.8 Å². The van der Waals surface area contributed by atoms with Gasteiger partial charge in [-0.15, -0.1) is 0 Å². The van der Waals surface area contributed by atoms with Crippen LogP contribution in [-0.4, -0.2) is 29.7 Å². The number of hydrogen-bond acceptors (Lipinski definition) is 6. The smallest absolute Gasteiger partial charge is 0.336 e. The summed E-state index contributed by atoms with van der Waals surface area (Å²) >= 11 is 0. The summed E-state index contributed by atoms with van der Waals surface area (Å²) in [5.41, 5.74) is -0.156. The molecule has 2 aromatic rings. The van der Waals surface area contributed by atoms with Gasteiger partial charge in [0.05, 0.1) is 12.7 Å². The zero-order valence-corrected chi connectivity index (χ0v) is 14.5. The molecule has 1 aromatic carbocycles. The molecule has 0 spiro atoms. The molecule has 6 heteroatoms. The number of aliphatic hydroxyl groups is 1. The number of ether oxygens (including phenoxy) is 3. The van der Waals surface area contributed by atoms with Crippen LogP contribution in [0.1, 0.15) is 39.4 Å². The first-order valence-corrected chi connectivity index (χ1v) is 7.81. The number of rotatable bonds is 3. The van der Waals surface area contributed by atoms with E-state index >= 15 is 0 Å². The Morgan fingerprint density at radius 3 is 2.50 bits per heavy atom. The molecular weight excluding hydrogens is 312 g/mol. The van der Waals surface area contributed by atoms with Crippen LogP contribution >= 0.6 is 0 Å². The average molecular weight is 334 g/mol. The molecule has 1 aliphatic rings. The number of fused-ring (bicyclic) bond motifs is 1. The maximum absolute atomic E-state index is 11.4. The molecule has 1 unspecified atom stereocenters. The molecule has 0 aliphatic carbocycles. The van der Waals surface area contributed by atoms with Gasteiger partial charge in [0.1, 0.15) is 23.5 Å². The van der Waals surface area contributed by atoms with E-state index in [0.717, 1.165) is 0 Å². The molecule has 130 valence electrons. The SMILES string of the molecule is COc1cc2oc(=O)ccc2cc1C(O)[C@@H]1OC(C)(C)OC1(C)C. The Kier molecular flexibility index (Phi) is 3.94. The summed E-state index contributed by atoms with van der Waals surface area (Å²) in [5, 5.41) is 11.6. The molecule has 0 saturated carbocycles. The van der Waals surface area contributed by atoms with Crippen LogP contribution in [0.15, 0.2) is 33.5 Å². The normalized spacial score (nSPS) is 23.3. The highest BCUT2D eigenvalue weighted by atomic mass is 16.8. The van der Waals surface area contributed by atoms with Crippen LogP contribution in [0.5, 0.6) is 5.75 Å². The fourth-order valence-electron chi connectivity index (χ4n) is 3.29. The average Bonchev–Trinajstić information content (AvgIpc) is 2.72. The largest absolute Gasteiger partial charge is 0.496 e. The minimum absolute atomic E-state index is 0.401. The lowest BCUT2D eigenvalue weighted by molar-refractivity contribution is -0.162. The molecular formula is C18H22O6. The first-order valence-electron chi connectivity index (χ1n) is 7.81. The lowest BCUT2D eigenvalue weighted by Crippen LogP contribution is -2.37. The van der Waals surface area contributed by atoms with Gasteiger partial charge in [-0.1, -0.05) is 0 Å². The monoisotopic (exact) mass is 334 g/mol. The third kappa shape index (κ3) is 2.92. The molecule has 2 heterocycles. The van der Waals surface area contributed by atoms with Gasteiger partial charge >= 0.3 is 5.63 Å². The lowest BCUT2D eigenvalue weighted by atomic mass is 9.91. The van der Waals surface area contributed by atoms with E-state index in [9.17, 15) is 9.90 Å². The molecule has 1 fully saturated rings. The van der Waals surface area contributed by atoms with Gasteiger partial charge < -0.3 is 23.7 Å². The van der Waals surface area contributed by atoms with E-state index in [-0.39, 0.29) is 0 Å². The lowest BCUT2D eigenvalue weighted by Gasteiger charge is -2.28. The molecule has 1 N–H and O–H groups in total. The van der Waals surface area contributed by atoms with Crippen LogP contribution < -0.4 is 10.4 Å². The predicted molar refractivity (Wildman–Crippen MR) is 88.1 cm³/mol. The molecule has 3 rings (SSSR count). The Morgan fingerprint density at radius 2 is 1.92 bits per heavy atom. The second-order valence-electron chi connectivity index (χ2n) is 6.98. The quantitative estimate of drug-likeness (QED) is 0.870. The summed E-state index contributed by atoms with van der Waals surface area (Å²) in [4.78, 5) is 11.4. The standard InChI is InChI=1S/C18H22O6/c1-17(2)16(23-18(3,4)24-17)15(20)11-8-10-6-7-14(19)22-12(10)9-13(11)21-5/h6-9,15-16,20H,1-5H3/t15?,16-/m0/s1. The zero-order valence-electron chi connectivity index (χ0n) is 14.5. The van der Waals surface area contributed by atoms with Crippen molar-refractivity contribution in [3.63, 3.8) is 0 Å². The van der Waals surface area contributed by atoms with E-state index in [1.807, 2.05) is 27.7 Å². The molecule has 2 atom stereocenters. The topological polar surface area (TPSA) is 78.1 Å². The van der Waals surface area contributed by atoms with Crippen molar-refractivity contribution in [1.82, 2.24) is 0 Å². The molecule has 1 aliphatic heterocycles. The Hall–Kier alpha value is -1.89. The van der Waals surface area contributed by atoms with Gasteiger partial charge in [-0.3, -0.25) is 0 Å². The van der Waals surface area contributed by atoms with Crippen molar-refractivity contribution in [2.45, 2.75) is 51.3 Å². The van der Waals surface area contributed by atoms with E-state index in [1.165, 1.54) is 13.2 Å². The van der Waals surface area contributed by atoms with Crippen molar-refractivity contribution < 1.29 is 23.7 Å².